The quantitative estimate of drug-likeness (QED) is 0.681. The van der Waals surface area contributed by atoms with E-state index in [9.17, 15) is 4.79 Å². The van der Waals surface area contributed by atoms with Gasteiger partial charge in [-0.05, 0) is 31.4 Å². The first-order chi connectivity index (χ1) is 12.7. The highest BCUT2D eigenvalue weighted by molar-refractivity contribution is 7.23. The molecule has 0 saturated carbocycles. The van der Waals surface area contributed by atoms with Gasteiger partial charge in [-0.25, -0.2) is 14.8 Å². The molecular weight excluding hydrogens is 372 g/mol. The van der Waals surface area contributed by atoms with Crippen LogP contribution in [0.5, 0.6) is 5.75 Å². The van der Waals surface area contributed by atoms with Crippen molar-refractivity contribution in [2.45, 2.75) is 19.3 Å². The molecule has 4 rings (SSSR count). The Morgan fingerprint density at radius 3 is 2.81 bits per heavy atom. The first kappa shape index (κ1) is 17.0. The van der Waals surface area contributed by atoms with Crippen LogP contribution in [0.15, 0.2) is 17.5 Å². The maximum Gasteiger partial charge on any atom is 0.410 e. The van der Waals surface area contributed by atoms with Gasteiger partial charge in [0.1, 0.15) is 11.3 Å². The highest BCUT2D eigenvalue weighted by Gasteiger charge is 2.19. The summed E-state index contributed by atoms with van der Waals surface area (Å²) >= 11 is 2.93. The van der Waals surface area contributed by atoms with Gasteiger partial charge in [-0.1, -0.05) is 11.3 Å². The van der Waals surface area contributed by atoms with E-state index in [0.29, 0.717) is 16.4 Å². The largest absolute Gasteiger partial charge is 0.494 e. The molecule has 1 aliphatic rings. The number of hydrogen-bond acceptors (Lipinski definition) is 7. The number of benzene rings is 1. The molecule has 0 bridgehead atoms. The van der Waals surface area contributed by atoms with E-state index >= 15 is 0 Å². The highest BCUT2D eigenvalue weighted by Crippen LogP contribution is 2.40. The van der Waals surface area contributed by atoms with Crippen LogP contribution in [0.3, 0.4) is 0 Å². The summed E-state index contributed by atoms with van der Waals surface area (Å²) in [6, 6.07) is 3.81. The van der Waals surface area contributed by atoms with Crippen molar-refractivity contribution < 1.29 is 14.6 Å². The number of nitrogens with one attached hydrogen (secondary N) is 1. The molecule has 1 aliphatic heterocycles. The Morgan fingerprint density at radius 2 is 2.08 bits per heavy atom. The third-order valence-corrected chi connectivity index (χ3v) is 6.24. The van der Waals surface area contributed by atoms with Crippen LogP contribution in [0.2, 0.25) is 0 Å². The summed E-state index contributed by atoms with van der Waals surface area (Å²) in [5, 5.41) is 14.7. The number of nitrogens with zero attached hydrogens (tertiary/aromatic N) is 3. The van der Waals surface area contributed by atoms with Gasteiger partial charge in [-0.3, -0.25) is 5.32 Å². The van der Waals surface area contributed by atoms with E-state index in [1.807, 2.05) is 12.1 Å². The molecule has 1 aromatic carbocycles. The number of fused-ring (bicyclic) bond motifs is 1. The average Bonchev–Trinajstić information content (AvgIpc) is 3.28. The molecule has 2 N–H and O–H groups in total. The fourth-order valence-electron chi connectivity index (χ4n) is 3.11. The number of anilines is 2. The predicted octanol–water partition coefficient (Wildman–Crippen LogP) is 4.51. The van der Waals surface area contributed by atoms with E-state index in [-0.39, 0.29) is 0 Å². The first-order valence-corrected chi connectivity index (χ1v) is 10.0. The lowest BCUT2D eigenvalue weighted by Gasteiger charge is -2.25. The van der Waals surface area contributed by atoms with Crippen LogP contribution in [-0.2, 0) is 0 Å². The molecule has 1 fully saturated rings. The molecule has 26 heavy (non-hydrogen) atoms. The Labute approximate surface area is 158 Å². The summed E-state index contributed by atoms with van der Waals surface area (Å²) in [4.78, 5) is 22.5. The van der Waals surface area contributed by atoms with Crippen molar-refractivity contribution in [3.8, 4) is 17.0 Å². The first-order valence-electron chi connectivity index (χ1n) is 8.34. The van der Waals surface area contributed by atoms with Crippen LogP contribution >= 0.6 is 22.7 Å². The summed E-state index contributed by atoms with van der Waals surface area (Å²) in [6.07, 6.45) is 2.57. The minimum absolute atomic E-state index is 0.324. The van der Waals surface area contributed by atoms with E-state index in [1.165, 1.54) is 30.6 Å². The molecule has 1 amide bonds. The van der Waals surface area contributed by atoms with Crippen LogP contribution in [-0.4, -0.2) is 41.4 Å². The number of thiazole rings is 2. The molecule has 3 aromatic rings. The maximum atomic E-state index is 10.9. The molecule has 0 spiro atoms. The Hall–Kier alpha value is -2.39. The highest BCUT2D eigenvalue weighted by atomic mass is 32.1. The Morgan fingerprint density at radius 1 is 1.27 bits per heavy atom. The number of methoxy groups -OCH3 is 1. The third-order valence-electron chi connectivity index (χ3n) is 4.33. The van der Waals surface area contributed by atoms with Gasteiger partial charge in [-0.15, -0.1) is 11.3 Å². The second kappa shape index (κ2) is 7.08. The minimum atomic E-state index is -1.13. The van der Waals surface area contributed by atoms with Crippen molar-refractivity contribution >= 4 is 49.2 Å². The van der Waals surface area contributed by atoms with Crippen molar-refractivity contribution in [1.82, 2.24) is 9.97 Å². The number of ether oxygens (including phenoxy) is 1. The summed E-state index contributed by atoms with van der Waals surface area (Å²) in [5.41, 5.74) is 2.47. The summed E-state index contributed by atoms with van der Waals surface area (Å²) in [5.74, 6) is 0.616. The van der Waals surface area contributed by atoms with Gasteiger partial charge in [0.15, 0.2) is 10.3 Å². The predicted molar refractivity (Wildman–Crippen MR) is 105 cm³/mol. The van der Waals surface area contributed by atoms with Crippen LogP contribution in [0, 0.1) is 0 Å². The number of rotatable bonds is 4. The maximum absolute atomic E-state index is 10.9. The molecule has 0 atom stereocenters. The van der Waals surface area contributed by atoms with Gasteiger partial charge >= 0.3 is 6.09 Å². The average molecular weight is 390 g/mol. The minimum Gasteiger partial charge on any atom is -0.494 e. The molecular formula is C17H18N4O3S2. The zero-order chi connectivity index (χ0) is 18.1. The molecule has 0 aliphatic carbocycles. The van der Waals surface area contributed by atoms with Gasteiger partial charge in [0.05, 0.1) is 17.5 Å². The molecule has 2 aromatic heterocycles. The monoisotopic (exact) mass is 390 g/mol. The fourth-order valence-corrected chi connectivity index (χ4v) is 4.99. The van der Waals surface area contributed by atoms with E-state index in [1.54, 1.807) is 18.4 Å². The van der Waals surface area contributed by atoms with Crippen molar-refractivity contribution in [2.75, 3.05) is 30.4 Å². The smallest absolute Gasteiger partial charge is 0.410 e. The van der Waals surface area contributed by atoms with Crippen molar-refractivity contribution in [1.29, 1.82) is 0 Å². The summed E-state index contributed by atoms with van der Waals surface area (Å²) in [6.45, 7) is 2.11. The van der Waals surface area contributed by atoms with Gasteiger partial charge in [0, 0.05) is 24.0 Å². The van der Waals surface area contributed by atoms with Gasteiger partial charge in [-0.2, -0.15) is 0 Å². The Kier molecular flexibility index (Phi) is 4.64. The zero-order valence-corrected chi connectivity index (χ0v) is 15.8. The number of hydrogen-bond donors (Lipinski definition) is 2. The van der Waals surface area contributed by atoms with Crippen LogP contribution in [0.4, 0.5) is 15.1 Å². The van der Waals surface area contributed by atoms with Crippen molar-refractivity contribution in [2.24, 2.45) is 0 Å². The van der Waals surface area contributed by atoms with Crippen LogP contribution in [0.25, 0.3) is 21.5 Å². The van der Waals surface area contributed by atoms with Crippen LogP contribution in [0.1, 0.15) is 19.3 Å². The topological polar surface area (TPSA) is 87.6 Å². The van der Waals surface area contributed by atoms with Gasteiger partial charge in [0.25, 0.3) is 0 Å². The van der Waals surface area contributed by atoms with Crippen molar-refractivity contribution in [3.63, 3.8) is 0 Å². The summed E-state index contributed by atoms with van der Waals surface area (Å²) < 4.78 is 6.24. The van der Waals surface area contributed by atoms with Gasteiger partial charge < -0.3 is 14.7 Å². The number of carboxylic acid groups (broad SMARTS) is 1. The van der Waals surface area contributed by atoms with E-state index in [2.05, 4.69) is 20.6 Å². The van der Waals surface area contributed by atoms with Crippen LogP contribution < -0.4 is 15.0 Å². The lowest BCUT2D eigenvalue weighted by atomic mass is 10.1. The number of carbonyl (C=O) groups is 1. The second-order valence-corrected chi connectivity index (χ2v) is 7.84. The van der Waals surface area contributed by atoms with Gasteiger partial charge in [0.2, 0.25) is 0 Å². The lowest BCUT2D eigenvalue weighted by Crippen LogP contribution is -2.29. The molecule has 3 heterocycles. The second-order valence-electron chi connectivity index (χ2n) is 6.01. The number of amides is 1. The Balaban J connectivity index is 1.75. The standard InChI is InChI=1S/C17H18N4O3S2/c1-24-12-6-5-10(14-13(12)19-15(26-14)20-17(22)23)11-9-25-16(18-11)21-7-3-2-4-8-21/h5-6,9H,2-4,7-8H2,1H3,(H,19,20)(H,22,23). The van der Waals surface area contributed by atoms with E-state index in [4.69, 9.17) is 14.8 Å². The molecule has 136 valence electrons. The fraction of sp³-hybridized carbons (Fsp3) is 0.353. The number of aromatic nitrogens is 2. The summed E-state index contributed by atoms with van der Waals surface area (Å²) in [7, 11) is 1.58. The SMILES string of the molecule is COc1ccc(-c2csc(N3CCCCC3)n2)c2sc(NC(=O)O)nc12. The molecule has 1 saturated heterocycles. The molecule has 0 unspecified atom stereocenters. The Bertz CT molecular complexity index is 947. The molecule has 9 heteroatoms. The number of piperidine rings is 1. The zero-order valence-electron chi connectivity index (χ0n) is 14.2. The van der Waals surface area contributed by atoms with E-state index < -0.39 is 6.09 Å². The third kappa shape index (κ3) is 3.19. The van der Waals surface area contributed by atoms with E-state index in [0.717, 1.165) is 34.2 Å². The molecule has 0 radical (unpaired) electrons. The molecule has 7 nitrogen and oxygen atoms in total. The normalized spacial score (nSPS) is 14.6. The van der Waals surface area contributed by atoms with Crippen molar-refractivity contribution in [3.05, 3.63) is 17.5 Å². The lowest BCUT2D eigenvalue weighted by molar-refractivity contribution is 0.209.